The molecule has 1 atom stereocenters. The van der Waals surface area contributed by atoms with E-state index in [2.05, 4.69) is 15.2 Å². The van der Waals surface area contributed by atoms with Gasteiger partial charge in [0.2, 0.25) is 0 Å². The molecule has 0 aliphatic carbocycles. The fourth-order valence-electron chi connectivity index (χ4n) is 1.21. The van der Waals surface area contributed by atoms with Crippen LogP contribution < -0.4 is 0 Å². The van der Waals surface area contributed by atoms with Crippen LogP contribution in [-0.2, 0) is 4.74 Å². The zero-order valence-electron chi connectivity index (χ0n) is 6.69. The average molecular weight is 185 g/mol. The van der Waals surface area contributed by atoms with E-state index in [0.717, 1.165) is 17.5 Å². The van der Waals surface area contributed by atoms with E-state index in [1.54, 1.807) is 11.8 Å². The first kappa shape index (κ1) is 8.07. The lowest BCUT2D eigenvalue weighted by atomic mass is 10.3. The second kappa shape index (κ2) is 3.91. The van der Waals surface area contributed by atoms with Crippen molar-refractivity contribution in [2.75, 3.05) is 12.4 Å². The third-order valence-electron chi connectivity index (χ3n) is 1.82. The first-order chi connectivity index (χ1) is 5.95. The Hall–Kier alpha value is -0.550. The van der Waals surface area contributed by atoms with Gasteiger partial charge in [-0.3, -0.25) is 5.10 Å². The van der Waals surface area contributed by atoms with Crippen LogP contribution in [0.1, 0.15) is 12.8 Å². The van der Waals surface area contributed by atoms with Gasteiger partial charge >= 0.3 is 0 Å². The van der Waals surface area contributed by atoms with E-state index in [0.29, 0.717) is 6.10 Å². The summed E-state index contributed by atoms with van der Waals surface area (Å²) in [4.78, 5) is 4.02. The largest absolute Gasteiger partial charge is 0.377 e. The van der Waals surface area contributed by atoms with Crippen molar-refractivity contribution >= 4 is 11.8 Å². The summed E-state index contributed by atoms with van der Waals surface area (Å²) >= 11 is 1.67. The molecule has 0 amide bonds. The van der Waals surface area contributed by atoms with Crippen LogP contribution in [0, 0.1) is 0 Å². The molecule has 1 fully saturated rings. The maximum Gasteiger partial charge on any atom is 0.183 e. The second-order valence-corrected chi connectivity index (χ2v) is 3.75. The molecule has 0 spiro atoms. The summed E-state index contributed by atoms with van der Waals surface area (Å²) in [6.07, 6.45) is 4.32. The van der Waals surface area contributed by atoms with Crippen LogP contribution in [0.5, 0.6) is 0 Å². The monoisotopic (exact) mass is 185 g/mol. The number of thioether (sulfide) groups is 1. The summed E-state index contributed by atoms with van der Waals surface area (Å²) in [6, 6.07) is 0. The molecular weight excluding hydrogens is 174 g/mol. The van der Waals surface area contributed by atoms with Crippen LogP contribution in [0.25, 0.3) is 0 Å². The SMILES string of the molecule is c1n[nH]c(SC[C@@H]2CCCO2)n1. The summed E-state index contributed by atoms with van der Waals surface area (Å²) in [5.74, 6) is 0.981. The highest BCUT2D eigenvalue weighted by molar-refractivity contribution is 7.99. The number of rotatable bonds is 3. The molecule has 1 aromatic heterocycles. The number of hydrogen-bond donors (Lipinski definition) is 1. The lowest BCUT2D eigenvalue weighted by Crippen LogP contribution is -2.07. The first-order valence-corrected chi connectivity index (χ1v) is 5.03. The van der Waals surface area contributed by atoms with Gasteiger partial charge < -0.3 is 4.74 Å². The van der Waals surface area contributed by atoms with Gasteiger partial charge in [0.05, 0.1) is 6.10 Å². The number of hydrogen-bond acceptors (Lipinski definition) is 4. The van der Waals surface area contributed by atoms with Gasteiger partial charge in [-0.2, -0.15) is 5.10 Å². The highest BCUT2D eigenvalue weighted by atomic mass is 32.2. The molecule has 1 saturated heterocycles. The van der Waals surface area contributed by atoms with Gasteiger partial charge in [-0.1, -0.05) is 11.8 Å². The molecular formula is C7H11N3OS. The smallest absolute Gasteiger partial charge is 0.183 e. The van der Waals surface area contributed by atoms with Crippen molar-refractivity contribution in [2.24, 2.45) is 0 Å². The maximum atomic E-state index is 5.47. The number of nitrogens with one attached hydrogen (secondary N) is 1. The normalized spacial score (nSPS) is 23.2. The molecule has 0 bridgehead atoms. The van der Waals surface area contributed by atoms with Crippen molar-refractivity contribution in [1.29, 1.82) is 0 Å². The Labute approximate surface area is 75.1 Å². The van der Waals surface area contributed by atoms with Crippen molar-refractivity contribution < 1.29 is 4.74 Å². The standard InChI is InChI=1S/C7H11N3OS/c1-2-6(11-3-1)4-12-7-8-5-9-10-7/h5-6H,1-4H2,(H,8,9,10)/t6-/m0/s1. The van der Waals surface area contributed by atoms with Crippen molar-refractivity contribution in [3.8, 4) is 0 Å². The lowest BCUT2D eigenvalue weighted by Gasteiger charge is -2.05. The Kier molecular flexibility index (Phi) is 2.63. The Morgan fingerprint density at radius 1 is 1.75 bits per heavy atom. The molecule has 1 aromatic rings. The molecule has 0 aromatic carbocycles. The molecule has 4 nitrogen and oxygen atoms in total. The summed E-state index contributed by atoms with van der Waals surface area (Å²) in [6.45, 7) is 0.918. The minimum absolute atomic E-state index is 0.417. The van der Waals surface area contributed by atoms with E-state index in [1.165, 1.54) is 19.2 Å². The van der Waals surface area contributed by atoms with E-state index in [1.807, 2.05) is 0 Å². The molecule has 0 radical (unpaired) electrons. The zero-order valence-corrected chi connectivity index (χ0v) is 7.51. The van der Waals surface area contributed by atoms with Crippen molar-refractivity contribution in [3.05, 3.63) is 6.33 Å². The first-order valence-electron chi connectivity index (χ1n) is 4.05. The van der Waals surface area contributed by atoms with Gasteiger partial charge in [0.25, 0.3) is 0 Å². The van der Waals surface area contributed by atoms with Crippen LogP contribution in [-0.4, -0.2) is 33.6 Å². The van der Waals surface area contributed by atoms with E-state index in [4.69, 9.17) is 4.74 Å². The highest BCUT2D eigenvalue weighted by Gasteiger charge is 2.15. The van der Waals surface area contributed by atoms with Crippen LogP contribution in [0.2, 0.25) is 0 Å². The number of aromatic amines is 1. The van der Waals surface area contributed by atoms with E-state index >= 15 is 0 Å². The molecule has 1 aliphatic heterocycles. The summed E-state index contributed by atoms with van der Waals surface area (Å²) in [5.41, 5.74) is 0. The molecule has 2 rings (SSSR count). The van der Waals surface area contributed by atoms with Gasteiger partial charge in [0.1, 0.15) is 6.33 Å². The lowest BCUT2D eigenvalue weighted by molar-refractivity contribution is 0.129. The molecule has 0 saturated carbocycles. The van der Waals surface area contributed by atoms with E-state index in [-0.39, 0.29) is 0 Å². The van der Waals surface area contributed by atoms with Gasteiger partial charge in [0.15, 0.2) is 5.16 Å². The van der Waals surface area contributed by atoms with E-state index in [9.17, 15) is 0 Å². The predicted octanol–water partition coefficient (Wildman–Crippen LogP) is 1.08. The molecule has 2 heterocycles. The van der Waals surface area contributed by atoms with Gasteiger partial charge in [-0.15, -0.1) is 0 Å². The Morgan fingerprint density at radius 2 is 2.75 bits per heavy atom. The van der Waals surface area contributed by atoms with Crippen molar-refractivity contribution in [1.82, 2.24) is 15.2 Å². The molecule has 66 valence electrons. The summed E-state index contributed by atoms with van der Waals surface area (Å²) in [7, 11) is 0. The van der Waals surface area contributed by atoms with Crippen LogP contribution in [0.15, 0.2) is 11.5 Å². The molecule has 0 unspecified atom stereocenters. The minimum Gasteiger partial charge on any atom is -0.377 e. The topological polar surface area (TPSA) is 50.8 Å². The van der Waals surface area contributed by atoms with Gasteiger partial charge in [-0.05, 0) is 12.8 Å². The Bertz CT molecular complexity index is 221. The van der Waals surface area contributed by atoms with Crippen LogP contribution in [0.3, 0.4) is 0 Å². The van der Waals surface area contributed by atoms with Gasteiger partial charge in [-0.25, -0.2) is 4.98 Å². The fraction of sp³-hybridized carbons (Fsp3) is 0.714. The van der Waals surface area contributed by atoms with Crippen LogP contribution >= 0.6 is 11.8 Å². The fourth-order valence-corrected chi connectivity index (χ4v) is 2.06. The summed E-state index contributed by atoms with van der Waals surface area (Å²) < 4.78 is 5.47. The van der Waals surface area contributed by atoms with Gasteiger partial charge in [0, 0.05) is 12.4 Å². The zero-order chi connectivity index (χ0) is 8.23. The van der Waals surface area contributed by atoms with E-state index < -0.39 is 0 Å². The number of aromatic nitrogens is 3. The van der Waals surface area contributed by atoms with Crippen LogP contribution in [0.4, 0.5) is 0 Å². The third-order valence-corrected chi connectivity index (χ3v) is 2.83. The quantitative estimate of drug-likeness (QED) is 0.716. The molecule has 1 N–H and O–H groups in total. The van der Waals surface area contributed by atoms with Crippen molar-refractivity contribution in [2.45, 2.75) is 24.1 Å². The number of nitrogens with zero attached hydrogens (tertiary/aromatic N) is 2. The Morgan fingerprint density at radius 3 is 3.42 bits per heavy atom. The summed E-state index contributed by atoms with van der Waals surface area (Å²) in [5, 5.41) is 7.46. The molecule has 12 heavy (non-hydrogen) atoms. The second-order valence-electron chi connectivity index (χ2n) is 2.74. The Balaban J connectivity index is 1.74. The molecule has 1 aliphatic rings. The number of H-pyrrole nitrogens is 1. The molecule has 5 heteroatoms. The van der Waals surface area contributed by atoms with Crippen molar-refractivity contribution in [3.63, 3.8) is 0 Å². The third kappa shape index (κ3) is 1.98. The maximum absolute atomic E-state index is 5.47. The number of ether oxygens (including phenoxy) is 1. The highest BCUT2D eigenvalue weighted by Crippen LogP contribution is 2.20. The minimum atomic E-state index is 0.417. The predicted molar refractivity (Wildman–Crippen MR) is 46.1 cm³/mol. The average Bonchev–Trinajstić information content (AvgIpc) is 2.74.